The van der Waals surface area contributed by atoms with E-state index < -0.39 is 10.7 Å². The second kappa shape index (κ2) is 3.41. The Hall–Kier alpha value is -1.61. The molecule has 0 amide bonds. The number of rotatable bonds is 1. The van der Waals surface area contributed by atoms with Crippen molar-refractivity contribution in [1.82, 2.24) is 0 Å². The number of nitrogens with zero attached hydrogens (tertiary/aromatic N) is 2. The molecule has 66 valence electrons. The summed E-state index contributed by atoms with van der Waals surface area (Å²) in [6.07, 6.45) is 0. The zero-order chi connectivity index (χ0) is 10.0. The lowest BCUT2D eigenvalue weighted by Gasteiger charge is -2.09. The third-order valence-electron chi connectivity index (χ3n) is 1.36. The molecule has 0 N–H and O–H groups in total. The third-order valence-corrected chi connectivity index (χ3v) is 1.95. The Kier molecular flexibility index (Phi) is 2.49. The van der Waals surface area contributed by atoms with E-state index in [0.717, 1.165) is 12.1 Å². The van der Waals surface area contributed by atoms with Crippen LogP contribution >= 0.6 is 15.9 Å². The first-order chi connectivity index (χ1) is 6.06. The van der Waals surface area contributed by atoms with Gasteiger partial charge in [-0.3, -0.25) is 10.1 Å². The third kappa shape index (κ3) is 1.76. The molecule has 0 unspecified atom stereocenters. The molecule has 5 nitrogen and oxygen atoms in total. The summed E-state index contributed by atoms with van der Waals surface area (Å²) in [7, 11) is 0. The molecule has 0 saturated carbocycles. The first-order valence-electron chi connectivity index (χ1n) is 3.11. The quantitative estimate of drug-likeness (QED) is 0.548. The SMILES string of the molecule is N#Cc1cc([N+](=O)[O-])cc(Br)c1[O-]. The first kappa shape index (κ1) is 9.48. The van der Waals surface area contributed by atoms with Crippen LogP contribution in [0.25, 0.3) is 0 Å². The van der Waals surface area contributed by atoms with Crippen molar-refractivity contribution in [3.05, 3.63) is 32.3 Å². The molecule has 0 atom stereocenters. The minimum Gasteiger partial charge on any atom is -0.871 e. The highest BCUT2D eigenvalue weighted by molar-refractivity contribution is 9.10. The van der Waals surface area contributed by atoms with Crippen LogP contribution in [-0.4, -0.2) is 4.92 Å². The largest absolute Gasteiger partial charge is 0.871 e. The number of hydrogen-bond acceptors (Lipinski definition) is 4. The molecule has 0 fully saturated rings. The molecule has 0 aliphatic rings. The maximum Gasteiger partial charge on any atom is 0.271 e. The van der Waals surface area contributed by atoms with Crippen molar-refractivity contribution in [2.45, 2.75) is 0 Å². The monoisotopic (exact) mass is 241 g/mol. The van der Waals surface area contributed by atoms with Gasteiger partial charge in [-0.2, -0.15) is 5.26 Å². The summed E-state index contributed by atoms with van der Waals surface area (Å²) in [5.41, 5.74) is -0.510. The van der Waals surface area contributed by atoms with E-state index in [9.17, 15) is 15.2 Å². The number of benzene rings is 1. The molecule has 1 aromatic carbocycles. The molecule has 0 aromatic heterocycles. The Bertz CT molecular complexity index is 411. The summed E-state index contributed by atoms with van der Waals surface area (Å²) in [5.74, 6) is -0.534. The van der Waals surface area contributed by atoms with Crippen LogP contribution in [0.5, 0.6) is 5.75 Å². The second-order valence-corrected chi connectivity index (χ2v) is 3.03. The fraction of sp³-hybridized carbons (Fsp3) is 0. The maximum absolute atomic E-state index is 11.1. The van der Waals surface area contributed by atoms with Gasteiger partial charge in [0.1, 0.15) is 0 Å². The van der Waals surface area contributed by atoms with E-state index in [1.54, 1.807) is 6.07 Å². The number of nitro groups is 1. The highest BCUT2D eigenvalue weighted by Gasteiger charge is 2.09. The fourth-order valence-electron chi connectivity index (χ4n) is 0.768. The van der Waals surface area contributed by atoms with Crippen LogP contribution in [0.4, 0.5) is 5.69 Å². The van der Waals surface area contributed by atoms with E-state index in [1.807, 2.05) is 0 Å². The zero-order valence-corrected chi connectivity index (χ0v) is 7.74. The highest BCUT2D eigenvalue weighted by Crippen LogP contribution is 2.29. The van der Waals surface area contributed by atoms with Gasteiger partial charge in [-0.25, -0.2) is 0 Å². The van der Waals surface area contributed by atoms with Crippen molar-refractivity contribution in [3.8, 4) is 11.8 Å². The van der Waals surface area contributed by atoms with Crippen molar-refractivity contribution in [2.75, 3.05) is 0 Å². The number of non-ortho nitro benzene ring substituents is 1. The number of nitro benzene ring substituents is 1. The standard InChI is InChI=1S/C7H3BrN2O3/c8-6-2-5(10(12)13)1-4(3-9)7(6)11/h1-2,11H/p-1. The minimum atomic E-state index is -0.662. The highest BCUT2D eigenvalue weighted by atomic mass is 79.9. The van der Waals surface area contributed by atoms with Crippen LogP contribution in [0.3, 0.4) is 0 Å². The fourth-order valence-corrected chi connectivity index (χ4v) is 1.22. The molecule has 1 rings (SSSR count). The molecule has 0 spiro atoms. The van der Waals surface area contributed by atoms with Gasteiger partial charge in [0.05, 0.1) is 16.6 Å². The summed E-state index contributed by atoms with van der Waals surface area (Å²) in [6.45, 7) is 0. The van der Waals surface area contributed by atoms with Crippen molar-refractivity contribution in [3.63, 3.8) is 0 Å². The molecule has 0 bridgehead atoms. The van der Waals surface area contributed by atoms with Gasteiger partial charge >= 0.3 is 0 Å². The van der Waals surface area contributed by atoms with Crippen LogP contribution in [0.15, 0.2) is 16.6 Å². The first-order valence-corrected chi connectivity index (χ1v) is 3.90. The van der Waals surface area contributed by atoms with Crippen LogP contribution in [0.2, 0.25) is 0 Å². The normalized spacial score (nSPS) is 9.23. The van der Waals surface area contributed by atoms with Gasteiger partial charge in [0.25, 0.3) is 5.69 Å². The van der Waals surface area contributed by atoms with E-state index in [0.29, 0.717) is 0 Å². The zero-order valence-electron chi connectivity index (χ0n) is 6.15. The van der Waals surface area contributed by atoms with Crippen molar-refractivity contribution < 1.29 is 10.0 Å². The summed E-state index contributed by atoms with van der Waals surface area (Å²) in [6, 6.07) is 3.61. The smallest absolute Gasteiger partial charge is 0.271 e. The van der Waals surface area contributed by atoms with Gasteiger partial charge in [-0.05, 0) is 0 Å². The molecule has 13 heavy (non-hydrogen) atoms. The molecular formula is C7H2BrN2O3-. The molecule has 0 saturated heterocycles. The molecule has 0 aliphatic heterocycles. The average Bonchev–Trinajstić information content (AvgIpc) is 2.09. The molecule has 6 heteroatoms. The predicted octanol–water partition coefficient (Wildman–Crippen LogP) is 1.30. The maximum atomic E-state index is 11.1. The lowest BCUT2D eigenvalue weighted by Crippen LogP contribution is -1.97. The summed E-state index contributed by atoms with van der Waals surface area (Å²) >= 11 is 2.84. The van der Waals surface area contributed by atoms with Crippen molar-refractivity contribution >= 4 is 21.6 Å². The molecule has 1 aromatic rings. The van der Waals surface area contributed by atoms with Gasteiger partial charge in [0.15, 0.2) is 0 Å². The molecule has 0 radical (unpaired) electrons. The van der Waals surface area contributed by atoms with Gasteiger partial charge in [0, 0.05) is 16.6 Å². The molecule has 0 heterocycles. The van der Waals surface area contributed by atoms with E-state index in [4.69, 9.17) is 5.26 Å². The minimum absolute atomic E-state index is 0.0262. The Labute approximate surface area is 81.5 Å². The summed E-state index contributed by atoms with van der Waals surface area (Å²) < 4.78 is 0.0262. The Morgan fingerprint density at radius 3 is 2.62 bits per heavy atom. The van der Waals surface area contributed by atoms with Crippen LogP contribution in [-0.2, 0) is 0 Å². The van der Waals surface area contributed by atoms with E-state index in [2.05, 4.69) is 15.9 Å². The van der Waals surface area contributed by atoms with Gasteiger partial charge < -0.3 is 5.11 Å². The van der Waals surface area contributed by atoms with E-state index >= 15 is 0 Å². The van der Waals surface area contributed by atoms with Crippen LogP contribution in [0.1, 0.15) is 5.56 Å². The predicted molar refractivity (Wildman–Crippen MR) is 45.0 cm³/mol. The Morgan fingerprint density at radius 2 is 2.15 bits per heavy atom. The molecular weight excluding hydrogens is 240 g/mol. The lowest BCUT2D eigenvalue weighted by atomic mass is 10.2. The van der Waals surface area contributed by atoms with Gasteiger partial charge in [-0.1, -0.05) is 21.7 Å². The van der Waals surface area contributed by atoms with Gasteiger partial charge in [-0.15, -0.1) is 0 Å². The number of nitriles is 1. The number of halogens is 1. The van der Waals surface area contributed by atoms with E-state index in [-0.39, 0.29) is 15.7 Å². The van der Waals surface area contributed by atoms with Crippen molar-refractivity contribution in [2.24, 2.45) is 0 Å². The van der Waals surface area contributed by atoms with E-state index in [1.165, 1.54) is 0 Å². The average molecular weight is 242 g/mol. The molecule has 0 aliphatic carbocycles. The Morgan fingerprint density at radius 1 is 1.54 bits per heavy atom. The lowest BCUT2D eigenvalue weighted by molar-refractivity contribution is -0.385. The number of hydrogen-bond donors (Lipinski definition) is 0. The van der Waals surface area contributed by atoms with Crippen LogP contribution in [0, 0.1) is 21.4 Å². The summed E-state index contributed by atoms with van der Waals surface area (Å²) in [5, 5.41) is 29.8. The summed E-state index contributed by atoms with van der Waals surface area (Å²) in [4.78, 5) is 9.64. The van der Waals surface area contributed by atoms with Crippen molar-refractivity contribution in [1.29, 1.82) is 5.26 Å². The second-order valence-electron chi connectivity index (χ2n) is 2.17. The topological polar surface area (TPSA) is 90.0 Å². The van der Waals surface area contributed by atoms with Gasteiger partial charge in [0.2, 0.25) is 0 Å². The van der Waals surface area contributed by atoms with Crippen LogP contribution < -0.4 is 5.11 Å². The Balaban J connectivity index is 3.41.